The molecule has 0 bridgehead atoms. The molecule has 1 unspecified atom stereocenters. The highest BCUT2D eigenvalue weighted by Crippen LogP contribution is 2.03. The first-order valence-electron chi connectivity index (χ1n) is 3.92. The summed E-state index contributed by atoms with van der Waals surface area (Å²) in [6, 6.07) is 2.75. The number of hydrogen-bond donors (Lipinski definition) is 1. The van der Waals surface area contributed by atoms with Crippen LogP contribution in [0.15, 0.2) is 27.8 Å². The number of hydrogen-bond acceptors (Lipinski definition) is 3. The summed E-state index contributed by atoms with van der Waals surface area (Å²) in [5, 5.41) is 8.59. The van der Waals surface area contributed by atoms with Gasteiger partial charge >= 0.3 is 5.97 Å². The van der Waals surface area contributed by atoms with Crippen LogP contribution in [0.3, 0.4) is 0 Å². The van der Waals surface area contributed by atoms with Crippen LogP contribution in [0.1, 0.15) is 19.6 Å². The number of furan rings is 1. The molecule has 70 valence electrons. The minimum absolute atomic E-state index is 0.597. The third-order valence-electron chi connectivity index (χ3n) is 1.62. The van der Waals surface area contributed by atoms with E-state index >= 15 is 0 Å². The van der Waals surface area contributed by atoms with E-state index in [0.29, 0.717) is 11.5 Å². The van der Waals surface area contributed by atoms with Crippen molar-refractivity contribution in [3.8, 4) is 0 Å². The Labute approximate surface area is 75.9 Å². The molecule has 4 nitrogen and oxygen atoms in total. The highest BCUT2D eigenvalue weighted by Gasteiger charge is 2.10. The lowest BCUT2D eigenvalue weighted by Gasteiger charge is -2.00. The zero-order valence-electron chi connectivity index (χ0n) is 7.52. The molecule has 1 heterocycles. The molecule has 0 aromatic carbocycles. The quantitative estimate of drug-likeness (QED) is 0.720. The van der Waals surface area contributed by atoms with Gasteiger partial charge in [0.2, 0.25) is 0 Å². The van der Waals surface area contributed by atoms with E-state index in [1.54, 1.807) is 19.1 Å². The first-order valence-corrected chi connectivity index (χ1v) is 3.92. The van der Waals surface area contributed by atoms with Crippen LogP contribution in [0.5, 0.6) is 0 Å². The summed E-state index contributed by atoms with van der Waals surface area (Å²) < 4.78 is 5.05. The molecule has 13 heavy (non-hydrogen) atoms. The second-order valence-corrected chi connectivity index (χ2v) is 2.71. The van der Waals surface area contributed by atoms with Gasteiger partial charge in [-0.15, -0.1) is 0 Å². The number of aliphatic imine (C=N–C) groups is 1. The monoisotopic (exact) mass is 181 g/mol. The molecule has 0 spiro atoms. The fourth-order valence-corrected chi connectivity index (χ4v) is 0.894. The largest absolute Gasteiger partial charge is 0.480 e. The molecule has 1 N–H and O–H groups in total. The molecule has 0 saturated heterocycles. The predicted octanol–water partition coefficient (Wildman–Crippen LogP) is 1.56. The number of carboxylic acids is 1. The standard InChI is InChI=1S/C9H11NO3/c1-6(8-4-3-5-13-8)10-7(2)9(11)12/h3-5,7H,1-2H3,(H,11,12). The average molecular weight is 181 g/mol. The molecule has 4 heteroatoms. The van der Waals surface area contributed by atoms with Gasteiger partial charge in [0.05, 0.1) is 12.0 Å². The van der Waals surface area contributed by atoms with E-state index in [1.165, 1.54) is 13.2 Å². The van der Waals surface area contributed by atoms with Gasteiger partial charge in [0.25, 0.3) is 0 Å². The summed E-state index contributed by atoms with van der Waals surface area (Å²) in [6.45, 7) is 3.24. The lowest BCUT2D eigenvalue weighted by atomic mass is 10.3. The van der Waals surface area contributed by atoms with E-state index in [0.717, 1.165) is 0 Å². The van der Waals surface area contributed by atoms with Crippen LogP contribution >= 0.6 is 0 Å². The second-order valence-electron chi connectivity index (χ2n) is 2.71. The minimum Gasteiger partial charge on any atom is -0.480 e. The first-order chi connectivity index (χ1) is 6.11. The number of rotatable bonds is 3. The molecular formula is C9H11NO3. The van der Waals surface area contributed by atoms with Crippen LogP contribution in [0.2, 0.25) is 0 Å². The summed E-state index contributed by atoms with van der Waals surface area (Å²) in [5.41, 5.74) is 0.597. The Hall–Kier alpha value is -1.58. The topological polar surface area (TPSA) is 62.8 Å². The van der Waals surface area contributed by atoms with Crippen molar-refractivity contribution in [2.24, 2.45) is 4.99 Å². The molecule has 0 saturated carbocycles. The number of aliphatic carboxylic acids is 1. The smallest absolute Gasteiger partial charge is 0.328 e. The number of nitrogens with zero attached hydrogens (tertiary/aromatic N) is 1. The van der Waals surface area contributed by atoms with E-state index in [4.69, 9.17) is 9.52 Å². The fourth-order valence-electron chi connectivity index (χ4n) is 0.894. The van der Waals surface area contributed by atoms with Gasteiger partial charge in [0.1, 0.15) is 11.8 Å². The third-order valence-corrected chi connectivity index (χ3v) is 1.62. The molecule has 1 aromatic heterocycles. The van der Waals surface area contributed by atoms with Crippen molar-refractivity contribution in [1.82, 2.24) is 0 Å². The zero-order valence-corrected chi connectivity index (χ0v) is 7.52. The molecule has 1 aromatic rings. The van der Waals surface area contributed by atoms with E-state index in [2.05, 4.69) is 4.99 Å². The summed E-state index contributed by atoms with van der Waals surface area (Å²) in [5.74, 6) is -0.334. The van der Waals surface area contributed by atoms with E-state index in [9.17, 15) is 4.79 Å². The van der Waals surface area contributed by atoms with Crippen molar-refractivity contribution in [2.75, 3.05) is 0 Å². The van der Waals surface area contributed by atoms with Gasteiger partial charge in [-0.1, -0.05) is 0 Å². The average Bonchev–Trinajstić information content (AvgIpc) is 2.55. The van der Waals surface area contributed by atoms with Crippen LogP contribution in [0, 0.1) is 0 Å². The van der Waals surface area contributed by atoms with E-state index < -0.39 is 12.0 Å². The van der Waals surface area contributed by atoms with Crippen molar-refractivity contribution in [3.63, 3.8) is 0 Å². The lowest BCUT2D eigenvalue weighted by Crippen LogP contribution is -2.15. The van der Waals surface area contributed by atoms with Gasteiger partial charge in [-0.25, -0.2) is 4.79 Å². The highest BCUT2D eigenvalue weighted by molar-refractivity contribution is 5.97. The molecule has 1 atom stereocenters. The normalized spacial score (nSPS) is 14.2. The van der Waals surface area contributed by atoms with Gasteiger partial charge in [-0.3, -0.25) is 4.99 Å². The number of carbonyl (C=O) groups is 1. The molecule has 0 fully saturated rings. The predicted molar refractivity (Wildman–Crippen MR) is 48.0 cm³/mol. The van der Waals surface area contributed by atoms with Crippen LogP contribution in [0.25, 0.3) is 0 Å². The van der Waals surface area contributed by atoms with Gasteiger partial charge in [0.15, 0.2) is 0 Å². The maximum Gasteiger partial charge on any atom is 0.328 e. The van der Waals surface area contributed by atoms with Crippen LogP contribution < -0.4 is 0 Å². The zero-order chi connectivity index (χ0) is 9.84. The Morgan fingerprint density at radius 1 is 1.69 bits per heavy atom. The molecule has 0 radical (unpaired) electrons. The molecule has 0 aliphatic carbocycles. The Morgan fingerprint density at radius 2 is 2.38 bits per heavy atom. The van der Waals surface area contributed by atoms with Gasteiger partial charge in [0, 0.05) is 0 Å². The van der Waals surface area contributed by atoms with Gasteiger partial charge in [-0.2, -0.15) is 0 Å². The van der Waals surface area contributed by atoms with Crippen molar-refractivity contribution >= 4 is 11.7 Å². The van der Waals surface area contributed by atoms with Crippen LogP contribution in [-0.2, 0) is 4.79 Å². The molecule has 0 aliphatic heterocycles. The summed E-state index contributed by atoms with van der Waals surface area (Å²) in [7, 11) is 0. The third kappa shape index (κ3) is 2.43. The highest BCUT2D eigenvalue weighted by atomic mass is 16.4. The second kappa shape index (κ2) is 3.89. The molecular weight excluding hydrogens is 170 g/mol. The van der Waals surface area contributed by atoms with Crippen molar-refractivity contribution in [1.29, 1.82) is 0 Å². The minimum atomic E-state index is -0.939. The molecule has 0 aliphatic rings. The van der Waals surface area contributed by atoms with E-state index in [-0.39, 0.29) is 0 Å². The SMILES string of the molecule is CC(=NC(C)C(=O)O)c1ccco1. The Morgan fingerprint density at radius 3 is 2.85 bits per heavy atom. The van der Waals surface area contributed by atoms with Gasteiger partial charge < -0.3 is 9.52 Å². The van der Waals surface area contributed by atoms with E-state index in [1.807, 2.05) is 0 Å². The Balaban J connectivity index is 2.78. The summed E-state index contributed by atoms with van der Waals surface area (Å²) >= 11 is 0. The Bertz CT molecular complexity index is 314. The van der Waals surface area contributed by atoms with Crippen molar-refractivity contribution in [3.05, 3.63) is 24.2 Å². The maximum atomic E-state index is 10.5. The molecule has 1 rings (SSSR count). The van der Waals surface area contributed by atoms with Crippen LogP contribution in [0.4, 0.5) is 0 Å². The summed E-state index contributed by atoms with van der Waals surface area (Å²) in [4.78, 5) is 14.4. The first kappa shape index (κ1) is 9.51. The molecule has 0 amide bonds. The van der Waals surface area contributed by atoms with Crippen molar-refractivity contribution in [2.45, 2.75) is 19.9 Å². The fraction of sp³-hybridized carbons (Fsp3) is 0.333. The summed E-state index contributed by atoms with van der Waals surface area (Å²) in [6.07, 6.45) is 1.53. The van der Waals surface area contributed by atoms with Crippen LogP contribution in [-0.4, -0.2) is 22.8 Å². The maximum absolute atomic E-state index is 10.5. The lowest BCUT2D eigenvalue weighted by molar-refractivity contribution is -0.137. The Kier molecular flexibility index (Phi) is 2.84. The number of carboxylic acid groups (broad SMARTS) is 1. The van der Waals surface area contributed by atoms with Crippen molar-refractivity contribution < 1.29 is 14.3 Å². The van der Waals surface area contributed by atoms with Gasteiger partial charge in [-0.05, 0) is 26.0 Å².